The molecular weight excluding hydrogens is 218 g/mol. The highest BCUT2D eigenvalue weighted by Crippen LogP contribution is 2.11. The minimum absolute atomic E-state index is 0.494. The second kappa shape index (κ2) is 5.65. The maximum Gasteiger partial charge on any atom is 0.133 e. The molecule has 2 aromatic rings. The molecule has 0 amide bonds. The van der Waals surface area contributed by atoms with E-state index in [1.54, 1.807) is 23.1 Å². The summed E-state index contributed by atoms with van der Waals surface area (Å²) in [7, 11) is 1.90. The van der Waals surface area contributed by atoms with Gasteiger partial charge in [0.1, 0.15) is 11.9 Å². The normalized spacial score (nSPS) is 12.8. The summed E-state index contributed by atoms with van der Waals surface area (Å²) in [6, 6.07) is 3.54. The van der Waals surface area contributed by atoms with Gasteiger partial charge in [0, 0.05) is 19.8 Å². The Kier molecular flexibility index (Phi) is 3.95. The third-order valence-corrected chi connectivity index (χ3v) is 2.56. The van der Waals surface area contributed by atoms with Crippen LogP contribution in [0.15, 0.2) is 35.2 Å². The molecule has 92 valence electrons. The zero-order valence-electron chi connectivity index (χ0n) is 9.84. The number of hydrogen-bond donors (Lipinski definition) is 2. The first kappa shape index (κ1) is 11.9. The Hall–Kier alpha value is -1.59. The van der Waals surface area contributed by atoms with Crippen LogP contribution >= 0.6 is 0 Å². The number of nitrogens with one attached hydrogen (secondary N) is 1. The van der Waals surface area contributed by atoms with E-state index in [2.05, 4.69) is 10.4 Å². The van der Waals surface area contributed by atoms with E-state index in [0.29, 0.717) is 12.3 Å². The molecule has 0 saturated carbocycles. The summed E-state index contributed by atoms with van der Waals surface area (Å²) in [6.07, 6.45) is 5.72. The molecule has 0 bridgehead atoms. The summed E-state index contributed by atoms with van der Waals surface area (Å²) in [5.41, 5.74) is 1.19. The number of hydrogen-bond acceptors (Lipinski definition) is 4. The van der Waals surface area contributed by atoms with E-state index >= 15 is 0 Å². The van der Waals surface area contributed by atoms with Gasteiger partial charge in [-0.15, -0.1) is 0 Å². The molecule has 0 aliphatic carbocycles. The summed E-state index contributed by atoms with van der Waals surface area (Å²) in [6.45, 7) is 1.30. The maximum atomic E-state index is 9.74. The largest absolute Gasteiger partial charge is 0.467 e. The first-order valence-electron chi connectivity index (χ1n) is 5.65. The van der Waals surface area contributed by atoms with E-state index in [0.717, 1.165) is 13.0 Å². The van der Waals surface area contributed by atoms with Crippen LogP contribution in [-0.2, 0) is 13.5 Å². The van der Waals surface area contributed by atoms with Crippen molar-refractivity contribution in [2.45, 2.75) is 12.5 Å². The van der Waals surface area contributed by atoms with Crippen molar-refractivity contribution in [1.29, 1.82) is 0 Å². The van der Waals surface area contributed by atoms with Crippen LogP contribution < -0.4 is 5.32 Å². The Morgan fingerprint density at radius 2 is 2.47 bits per heavy atom. The fourth-order valence-electron chi connectivity index (χ4n) is 1.65. The minimum Gasteiger partial charge on any atom is -0.467 e. The van der Waals surface area contributed by atoms with Gasteiger partial charge in [-0.25, -0.2) is 0 Å². The fourth-order valence-corrected chi connectivity index (χ4v) is 1.65. The zero-order valence-corrected chi connectivity index (χ0v) is 9.84. The molecule has 0 saturated heterocycles. The maximum absolute atomic E-state index is 9.74. The van der Waals surface area contributed by atoms with Crippen LogP contribution in [0.1, 0.15) is 17.4 Å². The van der Waals surface area contributed by atoms with Crippen LogP contribution in [0.3, 0.4) is 0 Å². The molecule has 0 aliphatic rings. The van der Waals surface area contributed by atoms with Crippen molar-refractivity contribution in [2.24, 2.45) is 7.05 Å². The van der Waals surface area contributed by atoms with Gasteiger partial charge >= 0.3 is 0 Å². The molecule has 1 atom stereocenters. The van der Waals surface area contributed by atoms with Gasteiger partial charge in [0.2, 0.25) is 0 Å². The molecular formula is C12H17N3O2. The van der Waals surface area contributed by atoms with Crippen molar-refractivity contribution in [3.05, 3.63) is 42.1 Å². The first-order valence-corrected chi connectivity index (χ1v) is 5.65. The monoisotopic (exact) mass is 235 g/mol. The molecule has 2 N–H and O–H groups in total. The highest BCUT2D eigenvalue weighted by Gasteiger charge is 2.08. The third kappa shape index (κ3) is 3.44. The Morgan fingerprint density at radius 3 is 3.12 bits per heavy atom. The molecule has 1 unspecified atom stereocenters. The molecule has 0 spiro atoms. The molecule has 5 heteroatoms. The highest BCUT2D eigenvalue weighted by atomic mass is 16.4. The van der Waals surface area contributed by atoms with E-state index in [4.69, 9.17) is 4.42 Å². The Labute approximate surface area is 100 Å². The Bertz CT molecular complexity index is 436. The van der Waals surface area contributed by atoms with Crippen molar-refractivity contribution < 1.29 is 9.52 Å². The Balaban J connectivity index is 1.66. The van der Waals surface area contributed by atoms with Crippen LogP contribution in [0.2, 0.25) is 0 Å². The van der Waals surface area contributed by atoms with Crippen LogP contribution in [0.4, 0.5) is 0 Å². The second-order valence-corrected chi connectivity index (χ2v) is 4.01. The summed E-state index contributed by atoms with van der Waals surface area (Å²) in [4.78, 5) is 0. The van der Waals surface area contributed by atoms with Crippen LogP contribution in [0, 0.1) is 0 Å². The number of aromatic nitrogens is 2. The van der Waals surface area contributed by atoms with Gasteiger partial charge in [-0.05, 0) is 30.7 Å². The molecule has 0 radical (unpaired) electrons. The molecule has 0 fully saturated rings. The molecule has 17 heavy (non-hydrogen) atoms. The van der Waals surface area contributed by atoms with Gasteiger partial charge in [-0.2, -0.15) is 5.10 Å². The lowest BCUT2D eigenvalue weighted by Crippen LogP contribution is -2.23. The predicted molar refractivity (Wildman–Crippen MR) is 63.4 cm³/mol. The summed E-state index contributed by atoms with van der Waals surface area (Å²) >= 11 is 0. The smallest absolute Gasteiger partial charge is 0.133 e. The lowest BCUT2D eigenvalue weighted by atomic mass is 10.2. The van der Waals surface area contributed by atoms with Crippen molar-refractivity contribution in [2.75, 3.05) is 13.1 Å². The van der Waals surface area contributed by atoms with E-state index in [-0.39, 0.29) is 0 Å². The van der Waals surface area contributed by atoms with E-state index in [1.807, 2.05) is 19.4 Å². The van der Waals surface area contributed by atoms with Gasteiger partial charge in [0.05, 0.1) is 12.5 Å². The van der Waals surface area contributed by atoms with Crippen molar-refractivity contribution in [3.8, 4) is 0 Å². The van der Waals surface area contributed by atoms with Crippen LogP contribution in [0.5, 0.6) is 0 Å². The fraction of sp³-hybridized carbons (Fsp3) is 0.417. The average molecular weight is 235 g/mol. The predicted octanol–water partition coefficient (Wildman–Crippen LogP) is 0.879. The topological polar surface area (TPSA) is 63.2 Å². The van der Waals surface area contributed by atoms with Gasteiger partial charge in [-0.3, -0.25) is 4.68 Å². The van der Waals surface area contributed by atoms with E-state index in [1.165, 1.54) is 5.56 Å². The molecule has 2 rings (SSSR count). The number of rotatable bonds is 6. The van der Waals surface area contributed by atoms with Gasteiger partial charge in [0.15, 0.2) is 0 Å². The summed E-state index contributed by atoms with van der Waals surface area (Å²) in [5, 5.41) is 17.0. The number of furan rings is 1. The van der Waals surface area contributed by atoms with E-state index in [9.17, 15) is 5.11 Å². The first-order chi connectivity index (χ1) is 8.25. The average Bonchev–Trinajstić information content (AvgIpc) is 2.95. The summed E-state index contributed by atoms with van der Waals surface area (Å²) < 4.78 is 6.90. The van der Waals surface area contributed by atoms with Gasteiger partial charge in [0.25, 0.3) is 0 Å². The number of nitrogens with zero attached hydrogens (tertiary/aromatic N) is 2. The molecule has 2 heterocycles. The van der Waals surface area contributed by atoms with Crippen molar-refractivity contribution in [1.82, 2.24) is 15.1 Å². The van der Waals surface area contributed by atoms with Gasteiger partial charge in [-0.1, -0.05) is 0 Å². The SMILES string of the molecule is Cn1cc(CCNCC(O)c2ccco2)cn1. The zero-order chi connectivity index (χ0) is 12.1. The highest BCUT2D eigenvalue weighted by molar-refractivity contribution is 5.04. The minimum atomic E-state index is -0.584. The van der Waals surface area contributed by atoms with Crippen molar-refractivity contribution >= 4 is 0 Å². The van der Waals surface area contributed by atoms with Crippen molar-refractivity contribution in [3.63, 3.8) is 0 Å². The molecule has 0 aromatic carbocycles. The number of aliphatic hydroxyl groups excluding tert-OH is 1. The Morgan fingerprint density at radius 1 is 1.59 bits per heavy atom. The third-order valence-electron chi connectivity index (χ3n) is 2.56. The molecule has 5 nitrogen and oxygen atoms in total. The van der Waals surface area contributed by atoms with E-state index < -0.39 is 6.10 Å². The quantitative estimate of drug-likeness (QED) is 0.730. The van der Waals surface area contributed by atoms with Gasteiger partial charge < -0.3 is 14.8 Å². The summed E-state index contributed by atoms with van der Waals surface area (Å²) in [5.74, 6) is 0.596. The molecule has 2 aromatic heterocycles. The number of aryl methyl sites for hydroxylation is 1. The standard InChI is InChI=1S/C12H17N3O2/c1-15-9-10(7-14-15)4-5-13-8-11(16)12-3-2-6-17-12/h2-3,6-7,9,11,13,16H,4-5,8H2,1H3. The lowest BCUT2D eigenvalue weighted by molar-refractivity contribution is 0.148. The second-order valence-electron chi connectivity index (χ2n) is 4.01. The number of aliphatic hydroxyl groups is 1. The lowest BCUT2D eigenvalue weighted by Gasteiger charge is -2.08. The van der Waals surface area contributed by atoms with Crippen LogP contribution in [-0.4, -0.2) is 28.0 Å². The molecule has 0 aliphatic heterocycles. The van der Waals surface area contributed by atoms with Crippen LogP contribution in [0.25, 0.3) is 0 Å².